The Morgan fingerprint density at radius 1 is 1.12 bits per heavy atom. The monoisotopic (exact) mass is 351 g/mol. The number of nitrogens with one attached hydrogen (secondary N) is 1. The van der Waals surface area contributed by atoms with Gasteiger partial charge >= 0.3 is 0 Å². The molecule has 0 aliphatic carbocycles. The second kappa shape index (κ2) is 8.12. The number of hydrogen-bond acceptors (Lipinski definition) is 4. The lowest BCUT2D eigenvalue weighted by Gasteiger charge is -2.10. The van der Waals surface area contributed by atoms with Gasteiger partial charge in [-0.05, 0) is 36.1 Å². The minimum absolute atomic E-state index is 0.0380. The lowest BCUT2D eigenvalue weighted by molar-refractivity contribution is -0.113. The van der Waals surface area contributed by atoms with Gasteiger partial charge in [-0.15, -0.1) is 0 Å². The van der Waals surface area contributed by atoms with Crippen molar-refractivity contribution in [2.45, 2.75) is 31.2 Å². The Morgan fingerprint density at radius 2 is 1.88 bits per heavy atom. The van der Waals surface area contributed by atoms with Crippen molar-refractivity contribution in [3.8, 4) is 0 Å². The number of nitrogens with zero attached hydrogens (tertiary/aromatic N) is 2. The highest BCUT2D eigenvalue weighted by Crippen LogP contribution is 2.24. The number of thioether (sulfide) groups is 1. The Balaban J connectivity index is 1.61. The summed E-state index contributed by atoms with van der Waals surface area (Å²) < 4.78 is 0. The normalized spacial score (nSPS) is 12.1. The molecule has 0 unspecified atom stereocenters. The second-order valence-electron chi connectivity index (χ2n) is 5.96. The fraction of sp³-hybridized carbons (Fsp3) is 0.250. The van der Waals surface area contributed by atoms with Crippen molar-refractivity contribution in [1.82, 2.24) is 9.97 Å². The molecule has 25 heavy (non-hydrogen) atoms. The van der Waals surface area contributed by atoms with E-state index in [1.807, 2.05) is 36.4 Å². The fourth-order valence-corrected chi connectivity index (χ4v) is 3.35. The van der Waals surface area contributed by atoms with E-state index in [-0.39, 0.29) is 5.91 Å². The number of rotatable bonds is 6. The molecule has 0 saturated heterocycles. The number of benzene rings is 2. The quantitative estimate of drug-likeness (QED) is 0.508. The number of carbonyl (C=O) groups excluding carboxylic acids is 1. The molecule has 2 aromatic carbocycles. The van der Waals surface area contributed by atoms with E-state index < -0.39 is 0 Å². The molecule has 0 radical (unpaired) electrons. The van der Waals surface area contributed by atoms with Crippen LogP contribution in [-0.2, 0) is 4.79 Å². The number of carbonyl (C=O) groups is 1. The first-order valence-electron chi connectivity index (χ1n) is 8.39. The van der Waals surface area contributed by atoms with E-state index in [9.17, 15) is 4.79 Å². The standard InChI is InChI=1S/C20H21N3OS/c1-3-14(2)15-8-10-16(11-9-15)23-19(24)12-25-20-17-6-4-5-7-18(17)21-13-22-20/h4-11,13-14H,3,12H2,1-2H3,(H,23,24)/t14-/m0/s1. The topological polar surface area (TPSA) is 54.9 Å². The molecule has 0 spiro atoms. The van der Waals surface area contributed by atoms with Crippen LogP contribution < -0.4 is 5.32 Å². The van der Waals surface area contributed by atoms with E-state index >= 15 is 0 Å². The van der Waals surface area contributed by atoms with Crippen LogP contribution in [0.2, 0.25) is 0 Å². The van der Waals surface area contributed by atoms with E-state index in [1.54, 1.807) is 0 Å². The zero-order valence-corrected chi connectivity index (χ0v) is 15.2. The average Bonchev–Trinajstić information content (AvgIpc) is 2.66. The number of aromatic nitrogens is 2. The van der Waals surface area contributed by atoms with Crippen molar-refractivity contribution in [3.05, 3.63) is 60.4 Å². The Labute approximate surface area is 152 Å². The Bertz CT molecular complexity index is 859. The lowest BCUT2D eigenvalue weighted by atomic mass is 9.99. The molecule has 0 bridgehead atoms. The highest BCUT2D eigenvalue weighted by Gasteiger charge is 2.09. The molecule has 128 valence electrons. The van der Waals surface area contributed by atoms with Crippen LogP contribution in [0.25, 0.3) is 10.9 Å². The van der Waals surface area contributed by atoms with Gasteiger partial charge in [0.25, 0.3) is 0 Å². The molecule has 0 aliphatic heterocycles. The summed E-state index contributed by atoms with van der Waals surface area (Å²) in [6.45, 7) is 4.38. The zero-order chi connectivity index (χ0) is 17.6. The van der Waals surface area contributed by atoms with E-state index in [0.29, 0.717) is 11.7 Å². The average molecular weight is 351 g/mol. The summed E-state index contributed by atoms with van der Waals surface area (Å²) in [5.41, 5.74) is 3.01. The van der Waals surface area contributed by atoms with E-state index in [2.05, 4.69) is 41.3 Å². The summed E-state index contributed by atoms with van der Waals surface area (Å²) in [7, 11) is 0. The molecule has 3 rings (SSSR count). The molecule has 0 saturated carbocycles. The molecule has 3 aromatic rings. The minimum Gasteiger partial charge on any atom is -0.325 e. The molecular weight excluding hydrogens is 330 g/mol. The molecule has 1 heterocycles. The van der Waals surface area contributed by atoms with Gasteiger partial charge in [-0.25, -0.2) is 9.97 Å². The van der Waals surface area contributed by atoms with Gasteiger partial charge in [0.15, 0.2) is 0 Å². The molecule has 1 atom stereocenters. The molecular formula is C20H21N3OS. The highest BCUT2D eigenvalue weighted by atomic mass is 32.2. The van der Waals surface area contributed by atoms with E-state index in [0.717, 1.165) is 28.0 Å². The molecule has 4 nitrogen and oxygen atoms in total. The third-order valence-electron chi connectivity index (χ3n) is 4.22. The van der Waals surface area contributed by atoms with Gasteiger partial charge in [-0.2, -0.15) is 0 Å². The summed E-state index contributed by atoms with van der Waals surface area (Å²) in [5.74, 6) is 0.809. The van der Waals surface area contributed by atoms with Crippen molar-refractivity contribution >= 4 is 34.3 Å². The molecule has 5 heteroatoms. The second-order valence-corrected chi connectivity index (χ2v) is 6.93. The summed E-state index contributed by atoms with van der Waals surface area (Å²) in [5, 5.41) is 4.74. The van der Waals surface area contributed by atoms with Gasteiger partial charge in [-0.1, -0.05) is 55.9 Å². The van der Waals surface area contributed by atoms with Crippen LogP contribution in [0.4, 0.5) is 5.69 Å². The summed E-state index contributed by atoms with van der Waals surface area (Å²) in [6, 6.07) is 15.9. The van der Waals surface area contributed by atoms with Crippen molar-refractivity contribution < 1.29 is 4.79 Å². The fourth-order valence-electron chi connectivity index (χ4n) is 2.56. The van der Waals surface area contributed by atoms with Gasteiger partial charge in [0.05, 0.1) is 11.3 Å². The number of para-hydroxylation sites is 1. The summed E-state index contributed by atoms with van der Waals surface area (Å²) >= 11 is 1.43. The van der Waals surface area contributed by atoms with Gasteiger partial charge < -0.3 is 5.32 Å². The Kier molecular flexibility index (Phi) is 5.66. The van der Waals surface area contributed by atoms with E-state index in [1.165, 1.54) is 23.7 Å². The lowest BCUT2D eigenvalue weighted by Crippen LogP contribution is -2.14. The smallest absolute Gasteiger partial charge is 0.234 e. The summed E-state index contributed by atoms with van der Waals surface area (Å²) in [4.78, 5) is 20.8. The largest absolute Gasteiger partial charge is 0.325 e. The molecule has 1 N–H and O–H groups in total. The third-order valence-corrected chi connectivity index (χ3v) is 5.23. The first kappa shape index (κ1) is 17.4. The molecule has 1 amide bonds. The van der Waals surface area contributed by atoms with Crippen LogP contribution >= 0.6 is 11.8 Å². The Morgan fingerprint density at radius 3 is 2.64 bits per heavy atom. The van der Waals surface area contributed by atoms with Crippen molar-refractivity contribution in [2.24, 2.45) is 0 Å². The van der Waals surface area contributed by atoms with Gasteiger partial charge in [0, 0.05) is 11.1 Å². The van der Waals surface area contributed by atoms with Crippen molar-refractivity contribution in [3.63, 3.8) is 0 Å². The molecule has 0 aliphatic rings. The maximum atomic E-state index is 12.2. The van der Waals surface area contributed by atoms with Crippen LogP contribution in [0.15, 0.2) is 59.9 Å². The number of fused-ring (bicyclic) bond motifs is 1. The maximum Gasteiger partial charge on any atom is 0.234 e. The SMILES string of the molecule is CC[C@H](C)c1ccc(NC(=O)CSc2ncnc3ccccc23)cc1. The predicted molar refractivity (Wildman–Crippen MR) is 104 cm³/mol. The van der Waals surface area contributed by atoms with Gasteiger partial charge in [0.1, 0.15) is 11.4 Å². The predicted octanol–water partition coefficient (Wildman–Crippen LogP) is 4.87. The van der Waals surface area contributed by atoms with Crippen molar-refractivity contribution in [1.29, 1.82) is 0 Å². The van der Waals surface area contributed by atoms with Crippen LogP contribution in [-0.4, -0.2) is 21.6 Å². The molecule has 1 aromatic heterocycles. The third kappa shape index (κ3) is 4.37. The van der Waals surface area contributed by atoms with Gasteiger partial charge in [0.2, 0.25) is 5.91 Å². The Hall–Kier alpha value is -2.40. The minimum atomic E-state index is -0.0380. The maximum absolute atomic E-state index is 12.2. The number of hydrogen-bond donors (Lipinski definition) is 1. The molecule has 0 fully saturated rings. The van der Waals surface area contributed by atoms with E-state index in [4.69, 9.17) is 0 Å². The number of amides is 1. The van der Waals surface area contributed by atoms with Crippen LogP contribution in [0.5, 0.6) is 0 Å². The first-order valence-corrected chi connectivity index (χ1v) is 9.38. The van der Waals surface area contributed by atoms with Gasteiger partial charge in [-0.3, -0.25) is 4.79 Å². The number of anilines is 1. The summed E-state index contributed by atoms with van der Waals surface area (Å²) in [6.07, 6.45) is 2.64. The first-order chi connectivity index (χ1) is 12.2. The zero-order valence-electron chi connectivity index (χ0n) is 14.4. The highest BCUT2D eigenvalue weighted by molar-refractivity contribution is 8.00. The van der Waals surface area contributed by atoms with Crippen LogP contribution in [0.1, 0.15) is 31.7 Å². The van der Waals surface area contributed by atoms with Crippen molar-refractivity contribution in [2.75, 3.05) is 11.1 Å². The van der Waals surface area contributed by atoms with Crippen LogP contribution in [0.3, 0.4) is 0 Å². The van der Waals surface area contributed by atoms with Crippen LogP contribution in [0, 0.1) is 0 Å².